The molecule has 0 spiro atoms. The summed E-state index contributed by atoms with van der Waals surface area (Å²) < 4.78 is 11.6. The summed E-state index contributed by atoms with van der Waals surface area (Å²) in [5, 5.41) is 10.4. The molecular formula is C21H26O4. The number of hydrogen-bond donors (Lipinski definition) is 1. The van der Waals surface area contributed by atoms with Gasteiger partial charge in [0.15, 0.2) is 5.78 Å². The normalized spacial score (nSPS) is 10.5. The van der Waals surface area contributed by atoms with E-state index in [-0.39, 0.29) is 11.5 Å². The Bertz CT molecular complexity index is 708. The Morgan fingerprint density at radius 3 is 2.44 bits per heavy atom. The number of hydrogen-bond acceptors (Lipinski definition) is 4. The van der Waals surface area contributed by atoms with Crippen molar-refractivity contribution < 1.29 is 19.4 Å². The average molecular weight is 342 g/mol. The Hall–Kier alpha value is -2.49. The zero-order chi connectivity index (χ0) is 18.2. The largest absolute Gasteiger partial charge is 0.507 e. The van der Waals surface area contributed by atoms with Crippen LogP contribution in [0.4, 0.5) is 0 Å². The minimum Gasteiger partial charge on any atom is -0.507 e. The van der Waals surface area contributed by atoms with Crippen LogP contribution in [0.25, 0.3) is 0 Å². The maximum atomic E-state index is 11.7. The van der Waals surface area contributed by atoms with Crippen molar-refractivity contribution in [3.05, 3.63) is 53.1 Å². The van der Waals surface area contributed by atoms with Gasteiger partial charge in [-0.2, -0.15) is 0 Å². The van der Waals surface area contributed by atoms with Crippen LogP contribution >= 0.6 is 0 Å². The third-order valence-corrected chi connectivity index (χ3v) is 3.96. The number of aryl methyl sites for hydroxylation is 1. The fourth-order valence-electron chi connectivity index (χ4n) is 2.75. The minimum atomic E-state index is -0.138. The highest BCUT2D eigenvalue weighted by Crippen LogP contribution is 2.36. The number of Topliss-reactive ketones (excluding diaryl/α,β-unsaturated/α-hetero) is 1. The molecule has 25 heavy (non-hydrogen) atoms. The number of aromatic hydroxyl groups is 1. The van der Waals surface area contributed by atoms with Gasteiger partial charge in [0.1, 0.15) is 17.2 Å². The summed E-state index contributed by atoms with van der Waals surface area (Å²) >= 11 is 0. The van der Waals surface area contributed by atoms with E-state index in [4.69, 9.17) is 9.47 Å². The summed E-state index contributed by atoms with van der Waals surface area (Å²) in [5.41, 5.74) is 1.95. The number of phenols is 1. The fourth-order valence-corrected chi connectivity index (χ4v) is 2.75. The van der Waals surface area contributed by atoms with Crippen LogP contribution in [0.2, 0.25) is 0 Å². The number of carbonyl (C=O) groups is 1. The molecule has 0 unspecified atom stereocenters. The predicted molar refractivity (Wildman–Crippen MR) is 98.9 cm³/mol. The van der Waals surface area contributed by atoms with Gasteiger partial charge in [-0.15, -0.1) is 0 Å². The Morgan fingerprint density at radius 1 is 1.12 bits per heavy atom. The number of carbonyl (C=O) groups excluding carboxylic acids is 1. The van der Waals surface area contributed by atoms with Gasteiger partial charge >= 0.3 is 0 Å². The number of ether oxygens (including phenoxy) is 2. The van der Waals surface area contributed by atoms with E-state index in [0.29, 0.717) is 30.9 Å². The number of benzene rings is 2. The van der Waals surface area contributed by atoms with Crippen molar-refractivity contribution in [2.75, 3.05) is 13.2 Å². The van der Waals surface area contributed by atoms with Crippen molar-refractivity contribution in [3.63, 3.8) is 0 Å². The molecule has 0 aliphatic carbocycles. The van der Waals surface area contributed by atoms with Gasteiger partial charge in [-0.1, -0.05) is 31.5 Å². The van der Waals surface area contributed by atoms with Gasteiger partial charge in [0, 0.05) is 12.0 Å². The summed E-state index contributed by atoms with van der Waals surface area (Å²) in [7, 11) is 0. The van der Waals surface area contributed by atoms with Gasteiger partial charge in [-0.05, 0) is 44.0 Å². The topological polar surface area (TPSA) is 55.8 Å². The van der Waals surface area contributed by atoms with E-state index in [0.717, 1.165) is 29.7 Å². The van der Waals surface area contributed by atoms with Crippen molar-refractivity contribution in [1.82, 2.24) is 0 Å². The zero-order valence-electron chi connectivity index (χ0n) is 15.2. The van der Waals surface area contributed by atoms with Crippen LogP contribution in [0, 0.1) is 6.92 Å². The molecular weight excluding hydrogens is 316 g/mol. The quantitative estimate of drug-likeness (QED) is 0.530. The van der Waals surface area contributed by atoms with Crippen molar-refractivity contribution in [2.24, 2.45) is 0 Å². The smallest absolute Gasteiger partial charge is 0.163 e. The average Bonchev–Trinajstić information content (AvgIpc) is 2.60. The molecule has 0 saturated carbocycles. The molecule has 0 aliphatic rings. The summed E-state index contributed by atoms with van der Waals surface area (Å²) in [6, 6.07) is 11.4. The monoisotopic (exact) mass is 342 g/mol. The molecule has 4 nitrogen and oxygen atoms in total. The van der Waals surface area contributed by atoms with Gasteiger partial charge in [-0.3, -0.25) is 4.79 Å². The summed E-state index contributed by atoms with van der Waals surface area (Å²) in [6.07, 6.45) is 2.26. The molecule has 134 valence electrons. The first-order valence-corrected chi connectivity index (χ1v) is 8.71. The molecule has 2 rings (SSSR count). The molecule has 0 atom stereocenters. The molecule has 0 aliphatic heterocycles. The maximum absolute atomic E-state index is 11.7. The Labute approximate surface area is 149 Å². The number of rotatable bonds is 9. The van der Waals surface area contributed by atoms with Crippen LogP contribution < -0.4 is 9.47 Å². The molecule has 0 fully saturated rings. The van der Waals surface area contributed by atoms with E-state index < -0.39 is 0 Å². The van der Waals surface area contributed by atoms with E-state index >= 15 is 0 Å². The van der Waals surface area contributed by atoms with Gasteiger partial charge in [0.25, 0.3) is 0 Å². The fraction of sp³-hybridized carbons (Fsp3) is 0.381. The van der Waals surface area contributed by atoms with Crippen LogP contribution in [0.3, 0.4) is 0 Å². The number of phenolic OH excluding ortho intramolecular Hbond substituents is 1. The van der Waals surface area contributed by atoms with Gasteiger partial charge in [0.2, 0.25) is 0 Å². The highest BCUT2D eigenvalue weighted by molar-refractivity contribution is 5.97. The van der Waals surface area contributed by atoms with E-state index in [1.165, 1.54) is 6.92 Å². The molecule has 0 bridgehead atoms. The van der Waals surface area contributed by atoms with E-state index in [1.54, 1.807) is 6.07 Å². The highest BCUT2D eigenvalue weighted by atomic mass is 16.5. The van der Waals surface area contributed by atoms with E-state index in [2.05, 4.69) is 0 Å². The third-order valence-electron chi connectivity index (χ3n) is 3.96. The molecule has 0 radical (unpaired) electrons. The van der Waals surface area contributed by atoms with Crippen molar-refractivity contribution >= 4 is 5.78 Å². The lowest BCUT2D eigenvalue weighted by molar-refractivity contribution is 0.101. The highest BCUT2D eigenvalue weighted by Gasteiger charge is 2.18. The lowest BCUT2D eigenvalue weighted by atomic mass is 9.98. The second-order valence-corrected chi connectivity index (χ2v) is 6.07. The molecule has 2 aromatic carbocycles. The maximum Gasteiger partial charge on any atom is 0.163 e. The molecule has 0 saturated heterocycles. The SMILES string of the molecule is CCCc1c(O)c(C(C)=O)cc(C)c1OCCCOc1ccccc1. The van der Waals surface area contributed by atoms with Crippen LogP contribution in [0.15, 0.2) is 36.4 Å². The summed E-state index contributed by atoms with van der Waals surface area (Å²) in [5.74, 6) is 1.44. The van der Waals surface area contributed by atoms with E-state index in [9.17, 15) is 9.90 Å². The summed E-state index contributed by atoms with van der Waals surface area (Å²) in [6.45, 7) is 6.45. The number of para-hydroxylation sites is 1. The van der Waals surface area contributed by atoms with Gasteiger partial charge in [0.05, 0.1) is 18.8 Å². The molecule has 0 amide bonds. The van der Waals surface area contributed by atoms with Crippen LogP contribution in [-0.4, -0.2) is 24.1 Å². The molecule has 0 aromatic heterocycles. The second-order valence-electron chi connectivity index (χ2n) is 6.07. The lowest BCUT2D eigenvalue weighted by Crippen LogP contribution is -2.08. The molecule has 1 N–H and O–H groups in total. The van der Waals surface area contributed by atoms with Crippen molar-refractivity contribution in [2.45, 2.75) is 40.0 Å². The molecule has 0 heterocycles. The van der Waals surface area contributed by atoms with Crippen molar-refractivity contribution in [1.29, 1.82) is 0 Å². The predicted octanol–water partition coefficient (Wildman–Crippen LogP) is 4.70. The second kappa shape index (κ2) is 9.11. The first-order valence-electron chi connectivity index (χ1n) is 8.71. The Morgan fingerprint density at radius 2 is 1.80 bits per heavy atom. The van der Waals surface area contributed by atoms with Crippen molar-refractivity contribution in [3.8, 4) is 17.2 Å². The van der Waals surface area contributed by atoms with Gasteiger partial charge in [-0.25, -0.2) is 0 Å². The zero-order valence-corrected chi connectivity index (χ0v) is 15.2. The number of ketones is 1. The van der Waals surface area contributed by atoms with Gasteiger partial charge < -0.3 is 14.6 Å². The lowest BCUT2D eigenvalue weighted by Gasteiger charge is -2.17. The van der Waals surface area contributed by atoms with E-state index in [1.807, 2.05) is 44.2 Å². The standard InChI is InChI=1S/C21H26O4/c1-4-9-18-20(23)19(16(3)22)14-15(2)21(18)25-13-8-12-24-17-10-6-5-7-11-17/h5-7,10-11,14,23H,4,8-9,12-13H2,1-3H3. The minimum absolute atomic E-state index is 0.0514. The first kappa shape index (κ1) is 18.8. The van der Waals surface area contributed by atoms with Crippen LogP contribution in [0.5, 0.6) is 17.2 Å². The Balaban J connectivity index is 2.00. The third kappa shape index (κ3) is 4.99. The molecule has 4 heteroatoms. The van der Waals surface area contributed by atoms with Crippen LogP contribution in [-0.2, 0) is 6.42 Å². The van der Waals surface area contributed by atoms with Crippen LogP contribution in [0.1, 0.15) is 48.2 Å². The Kier molecular flexibility index (Phi) is 6.87. The summed E-state index contributed by atoms with van der Waals surface area (Å²) in [4.78, 5) is 11.7. The first-order chi connectivity index (χ1) is 12.0. The molecule has 2 aromatic rings.